The Balaban J connectivity index is 2.21. The molecule has 88 valence electrons. The first-order valence-electron chi connectivity index (χ1n) is 5.83. The van der Waals surface area contributed by atoms with Gasteiger partial charge in [0.2, 0.25) is 5.95 Å². The van der Waals surface area contributed by atoms with Crippen LogP contribution in [0.15, 0.2) is 0 Å². The second kappa shape index (κ2) is 4.37. The van der Waals surface area contributed by atoms with Crippen molar-refractivity contribution in [3.8, 4) is 0 Å². The predicted octanol–water partition coefficient (Wildman–Crippen LogP) is 1.15. The second-order valence-electron chi connectivity index (χ2n) is 4.61. The highest BCUT2D eigenvalue weighted by molar-refractivity contribution is 5.36. The van der Waals surface area contributed by atoms with Gasteiger partial charge in [-0.2, -0.15) is 0 Å². The van der Waals surface area contributed by atoms with Crippen molar-refractivity contribution in [1.82, 2.24) is 14.9 Å². The number of piperazine rings is 1. The van der Waals surface area contributed by atoms with Gasteiger partial charge in [-0.1, -0.05) is 0 Å². The number of likely N-dealkylation sites (N-methyl/N-ethyl adjacent to an activating group) is 1. The van der Waals surface area contributed by atoms with Gasteiger partial charge in [0, 0.05) is 37.6 Å². The Kier molecular flexibility index (Phi) is 3.10. The first-order valence-corrected chi connectivity index (χ1v) is 5.83. The lowest BCUT2D eigenvalue weighted by molar-refractivity contribution is 0.311. The highest BCUT2D eigenvalue weighted by atomic mass is 15.3. The quantitative estimate of drug-likeness (QED) is 0.711. The van der Waals surface area contributed by atoms with Gasteiger partial charge in [0.05, 0.1) is 0 Å². The summed E-state index contributed by atoms with van der Waals surface area (Å²) >= 11 is 0. The van der Waals surface area contributed by atoms with Gasteiger partial charge in [-0.15, -0.1) is 0 Å². The minimum Gasteiger partial charge on any atom is -0.338 e. The third-order valence-electron chi connectivity index (χ3n) is 3.41. The topological polar surface area (TPSA) is 32.3 Å². The predicted molar refractivity (Wildman–Crippen MR) is 66.0 cm³/mol. The Morgan fingerprint density at radius 2 is 1.38 bits per heavy atom. The van der Waals surface area contributed by atoms with Crippen molar-refractivity contribution in [3.05, 3.63) is 17.0 Å². The normalized spacial score (nSPS) is 17.9. The molecule has 0 bridgehead atoms. The van der Waals surface area contributed by atoms with Gasteiger partial charge < -0.3 is 9.80 Å². The lowest BCUT2D eigenvalue weighted by atomic mass is 10.2. The molecule has 1 saturated heterocycles. The van der Waals surface area contributed by atoms with Crippen LogP contribution in [-0.4, -0.2) is 48.1 Å². The second-order valence-corrected chi connectivity index (χ2v) is 4.61. The first kappa shape index (κ1) is 11.3. The van der Waals surface area contributed by atoms with E-state index in [-0.39, 0.29) is 0 Å². The van der Waals surface area contributed by atoms with E-state index < -0.39 is 0 Å². The summed E-state index contributed by atoms with van der Waals surface area (Å²) in [5.41, 5.74) is 3.40. The van der Waals surface area contributed by atoms with Crippen LogP contribution >= 0.6 is 0 Å². The van der Waals surface area contributed by atoms with Crippen LogP contribution in [0.3, 0.4) is 0 Å². The van der Waals surface area contributed by atoms with Gasteiger partial charge >= 0.3 is 0 Å². The summed E-state index contributed by atoms with van der Waals surface area (Å²) in [4.78, 5) is 13.8. The average molecular weight is 220 g/mol. The molecule has 2 heterocycles. The Morgan fingerprint density at radius 3 is 1.88 bits per heavy atom. The summed E-state index contributed by atoms with van der Waals surface area (Å²) in [5, 5.41) is 0. The molecule has 1 fully saturated rings. The number of aryl methyl sites for hydroxylation is 2. The molecule has 0 spiro atoms. The van der Waals surface area contributed by atoms with E-state index in [0.717, 1.165) is 43.5 Å². The third kappa shape index (κ3) is 2.16. The summed E-state index contributed by atoms with van der Waals surface area (Å²) in [6.45, 7) is 10.4. The van der Waals surface area contributed by atoms with Crippen LogP contribution in [0.5, 0.6) is 0 Å². The maximum absolute atomic E-state index is 4.58. The fourth-order valence-corrected chi connectivity index (χ4v) is 1.90. The summed E-state index contributed by atoms with van der Waals surface area (Å²) in [5.74, 6) is 0.897. The average Bonchev–Trinajstić information content (AvgIpc) is 2.26. The van der Waals surface area contributed by atoms with E-state index in [1.54, 1.807) is 0 Å². The van der Waals surface area contributed by atoms with Crippen LogP contribution in [0.4, 0.5) is 5.95 Å². The van der Waals surface area contributed by atoms with E-state index in [1.165, 1.54) is 5.56 Å². The van der Waals surface area contributed by atoms with Crippen LogP contribution in [0.25, 0.3) is 0 Å². The van der Waals surface area contributed by atoms with Crippen molar-refractivity contribution in [3.63, 3.8) is 0 Å². The molecule has 4 nitrogen and oxygen atoms in total. The molecule has 1 aliphatic rings. The molecule has 0 radical (unpaired) electrons. The number of aromatic nitrogens is 2. The molecule has 0 aromatic carbocycles. The molecule has 0 N–H and O–H groups in total. The maximum atomic E-state index is 4.58. The third-order valence-corrected chi connectivity index (χ3v) is 3.41. The maximum Gasteiger partial charge on any atom is 0.225 e. The molecule has 2 rings (SSSR count). The standard InChI is InChI=1S/C12H20N4/c1-9-10(2)13-12(14-11(9)3)16-7-5-15(4)6-8-16/h5-8H2,1-4H3. The van der Waals surface area contributed by atoms with Crippen molar-refractivity contribution in [2.24, 2.45) is 0 Å². The Labute approximate surface area is 97.3 Å². The molecule has 0 saturated carbocycles. The lowest BCUT2D eigenvalue weighted by Crippen LogP contribution is -2.45. The van der Waals surface area contributed by atoms with Crippen LogP contribution < -0.4 is 4.90 Å². The molecular weight excluding hydrogens is 200 g/mol. The van der Waals surface area contributed by atoms with E-state index >= 15 is 0 Å². The van der Waals surface area contributed by atoms with Crippen LogP contribution in [0.1, 0.15) is 17.0 Å². The number of hydrogen-bond donors (Lipinski definition) is 0. The van der Waals surface area contributed by atoms with E-state index in [9.17, 15) is 0 Å². The van der Waals surface area contributed by atoms with Crippen molar-refractivity contribution in [2.75, 3.05) is 38.1 Å². The Bertz CT molecular complexity index is 358. The molecule has 1 aromatic heterocycles. The minimum absolute atomic E-state index is 0.897. The molecule has 0 unspecified atom stereocenters. The zero-order chi connectivity index (χ0) is 11.7. The van der Waals surface area contributed by atoms with E-state index in [0.29, 0.717) is 0 Å². The molecule has 0 atom stereocenters. The number of nitrogens with zero attached hydrogens (tertiary/aromatic N) is 4. The van der Waals surface area contributed by atoms with Gasteiger partial charge in [-0.05, 0) is 33.4 Å². The summed E-state index contributed by atoms with van der Waals surface area (Å²) in [6, 6.07) is 0. The van der Waals surface area contributed by atoms with Crippen LogP contribution in [-0.2, 0) is 0 Å². The molecule has 4 heteroatoms. The van der Waals surface area contributed by atoms with E-state index in [4.69, 9.17) is 0 Å². The van der Waals surface area contributed by atoms with Gasteiger partial charge in [-0.3, -0.25) is 0 Å². The van der Waals surface area contributed by atoms with E-state index in [1.807, 2.05) is 0 Å². The number of hydrogen-bond acceptors (Lipinski definition) is 4. The largest absolute Gasteiger partial charge is 0.338 e. The smallest absolute Gasteiger partial charge is 0.225 e. The molecule has 16 heavy (non-hydrogen) atoms. The highest BCUT2D eigenvalue weighted by Gasteiger charge is 2.17. The highest BCUT2D eigenvalue weighted by Crippen LogP contribution is 2.15. The molecular formula is C12H20N4. The molecule has 0 aliphatic carbocycles. The van der Waals surface area contributed by atoms with Crippen molar-refractivity contribution >= 4 is 5.95 Å². The van der Waals surface area contributed by atoms with Gasteiger partial charge in [-0.25, -0.2) is 9.97 Å². The zero-order valence-corrected chi connectivity index (χ0v) is 10.6. The van der Waals surface area contributed by atoms with Crippen LogP contribution in [0.2, 0.25) is 0 Å². The van der Waals surface area contributed by atoms with Gasteiger partial charge in [0.1, 0.15) is 0 Å². The van der Waals surface area contributed by atoms with Crippen molar-refractivity contribution in [2.45, 2.75) is 20.8 Å². The summed E-state index contributed by atoms with van der Waals surface area (Å²) < 4.78 is 0. The van der Waals surface area contributed by atoms with Crippen molar-refractivity contribution < 1.29 is 0 Å². The Morgan fingerprint density at radius 1 is 0.875 bits per heavy atom. The first-order chi connectivity index (χ1) is 7.58. The van der Waals surface area contributed by atoms with E-state index in [2.05, 4.69) is 47.6 Å². The molecule has 1 aromatic rings. The fraction of sp³-hybridized carbons (Fsp3) is 0.667. The summed E-state index contributed by atoms with van der Waals surface area (Å²) in [7, 11) is 2.16. The molecule has 1 aliphatic heterocycles. The monoisotopic (exact) mass is 220 g/mol. The zero-order valence-electron chi connectivity index (χ0n) is 10.6. The van der Waals surface area contributed by atoms with Crippen LogP contribution in [0, 0.1) is 20.8 Å². The molecule has 0 amide bonds. The number of anilines is 1. The van der Waals surface area contributed by atoms with Crippen molar-refractivity contribution in [1.29, 1.82) is 0 Å². The lowest BCUT2D eigenvalue weighted by Gasteiger charge is -2.32. The SMILES string of the molecule is Cc1nc(N2CCN(C)CC2)nc(C)c1C. The fourth-order valence-electron chi connectivity index (χ4n) is 1.90. The van der Waals surface area contributed by atoms with Gasteiger partial charge in [0.25, 0.3) is 0 Å². The Hall–Kier alpha value is -1.16. The number of rotatable bonds is 1. The van der Waals surface area contributed by atoms with Gasteiger partial charge in [0.15, 0.2) is 0 Å². The summed E-state index contributed by atoms with van der Waals surface area (Å²) in [6.07, 6.45) is 0. The minimum atomic E-state index is 0.897.